The van der Waals surface area contributed by atoms with Crippen LogP contribution in [0.15, 0.2) is 45.6 Å². The summed E-state index contributed by atoms with van der Waals surface area (Å²) in [6.07, 6.45) is 3.28. The minimum absolute atomic E-state index is 0.0737. The van der Waals surface area contributed by atoms with Crippen LogP contribution in [0.3, 0.4) is 0 Å². The zero-order valence-electron chi connectivity index (χ0n) is 14.1. The Kier molecular flexibility index (Phi) is 4.29. The van der Waals surface area contributed by atoms with E-state index in [1.54, 1.807) is 12.5 Å². The van der Waals surface area contributed by atoms with Gasteiger partial charge in [-0.25, -0.2) is 9.78 Å². The van der Waals surface area contributed by atoms with Gasteiger partial charge in [-0.2, -0.15) is 0 Å². The number of urea groups is 1. The Bertz CT molecular complexity index is 842. The van der Waals surface area contributed by atoms with E-state index in [0.717, 1.165) is 22.2 Å². The SMILES string of the molecule is CC(C)(C)c1coc(CNC(=O)NCc2ccc3occc3c2)n1. The lowest BCUT2D eigenvalue weighted by molar-refractivity contribution is 0.239. The van der Waals surface area contributed by atoms with Gasteiger partial charge < -0.3 is 19.5 Å². The van der Waals surface area contributed by atoms with E-state index in [-0.39, 0.29) is 18.0 Å². The molecule has 0 aliphatic carbocycles. The van der Waals surface area contributed by atoms with Gasteiger partial charge in [-0.3, -0.25) is 0 Å². The van der Waals surface area contributed by atoms with Crippen molar-refractivity contribution in [3.8, 4) is 0 Å². The average Bonchev–Trinajstić information content (AvgIpc) is 3.18. The smallest absolute Gasteiger partial charge is 0.315 e. The molecule has 0 radical (unpaired) electrons. The van der Waals surface area contributed by atoms with Gasteiger partial charge in [-0.05, 0) is 23.8 Å². The second-order valence-electron chi connectivity index (χ2n) is 6.71. The first-order chi connectivity index (χ1) is 11.4. The molecule has 0 spiro atoms. The second-order valence-corrected chi connectivity index (χ2v) is 6.71. The van der Waals surface area contributed by atoms with Gasteiger partial charge in [0.05, 0.1) is 18.5 Å². The number of carbonyl (C=O) groups is 1. The molecular weight excluding hydrogens is 306 g/mol. The number of benzene rings is 1. The molecule has 1 aromatic carbocycles. The Morgan fingerprint density at radius 2 is 1.92 bits per heavy atom. The van der Waals surface area contributed by atoms with E-state index in [4.69, 9.17) is 8.83 Å². The molecule has 0 saturated heterocycles. The van der Waals surface area contributed by atoms with Crippen LogP contribution in [0.2, 0.25) is 0 Å². The Balaban J connectivity index is 1.49. The van der Waals surface area contributed by atoms with Crippen LogP contribution in [0.1, 0.15) is 37.9 Å². The summed E-state index contributed by atoms with van der Waals surface area (Å²) in [6.45, 7) is 6.87. The van der Waals surface area contributed by atoms with Crippen molar-refractivity contribution in [2.24, 2.45) is 0 Å². The van der Waals surface area contributed by atoms with E-state index in [1.165, 1.54) is 0 Å². The van der Waals surface area contributed by atoms with Crippen LogP contribution in [-0.2, 0) is 18.5 Å². The van der Waals surface area contributed by atoms with Crippen molar-refractivity contribution in [2.75, 3.05) is 0 Å². The van der Waals surface area contributed by atoms with Crippen LogP contribution in [-0.4, -0.2) is 11.0 Å². The molecular formula is C18H21N3O3. The highest BCUT2D eigenvalue weighted by molar-refractivity contribution is 5.78. The number of nitrogens with zero attached hydrogens (tertiary/aromatic N) is 1. The average molecular weight is 327 g/mol. The molecule has 0 atom stereocenters. The van der Waals surface area contributed by atoms with Crippen LogP contribution >= 0.6 is 0 Å². The maximum atomic E-state index is 11.9. The Morgan fingerprint density at radius 1 is 1.12 bits per heavy atom. The van der Waals surface area contributed by atoms with Crippen molar-refractivity contribution in [1.29, 1.82) is 0 Å². The molecule has 0 unspecified atom stereocenters. The number of amides is 2. The fourth-order valence-corrected chi connectivity index (χ4v) is 2.26. The Morgan fingerprint density at radius 3 is 2.67 bits per heavy atom. The molecule has 2 aromatic heterocycles. The number of aromatic nitrogens is 1. The molecule has 2 N–H and O–H groups in total. The number of furan rings is 1. The lowest BCUT2D eigenvalue weighted by Crippen LogP contribution is -2.34. The Labute approximate surface area is 140 Å². The molecule has 0 fully saturated rings. The Hall–Kier alpha value is -2.76. The summed E-state index contributed by atoms with van der Waals surface area (Å²) in [6, 6.07) is 7.44. The summed E-state index contributed by atoms with van der Waals surface area (Å²) >= 11 is 0. The highest BCUT2D eigenvalue weighted by atomic mass is 16.3. The molecule has 0 saturated carbocycles. The van der Waals surface area contributed by atoms with Crippen LogP contribution in [0.5, 0.6) is 0 Å². The van der Waals surface area contributed by atoms with Gasteiger partial charge in [0.2, 0.25) is 5.89 Å². The van der Waals surface area contributed by atoms with Gasteiger partial charge in [0.15, 0.2) is 0 Å². The van der Waals surface area contributed by atoms with Gasteiger partial charge in [0.25, 0.3) is 0 Å². The zero-order chi connectivity index (χ0) is 17.2. The van der Waals surface area contributed by atoms with Crippen molar-refractivity contribution in [3.63, 3.8) is 0 Å². The number of nitrogens with one attached hydrogen (secondary N) is 2. The fraction of sp³-hybridized carbons (Fsp3) is 0.333. The van der Waals surface area contributed by atoms with Gasteiger partial charge in [0, 0.05) is 17.3 Å². The van der Waals surface area contributed by atoms with Crippen molar-refractivity contribution < 1.29 is 13.6 Å². The molecule has 6 heteroatoms. The highest BCUT2D eigenvalue weighted by Crippen LogP contribution is 2.21. The predicted octanol–water partition coefficient (Wildman–Crippen LogP) is 3.72. The summed E-state index contributed by atoms with van der Waals surface area (Å²) in [5, 5.41) is 6.57. The van der Waals surface area contributed by atoms with Crippen LogP contribution < -0.4 is 10.6 Å². The lowest BCUT2D eigenvalue weighted by Gasteiger charge is -2.13. The molecule has 2 heterocycles. The molecule has 6 nitrogen and oxygen atoms in total. The van der Waals surface area contributed by atoms with E-state index in [2.05, 4.69) is 36.4 Å². The normalized spacial score (nSPS) is 11.6. The number of oxazole rings is 1. The first-order valence-corrected chi connectivity index (χ1v) is 7.84. The lowest BCUT2D eigenvalue weighted by atomic mass is 9.93. The summed E-state index contributed by atoms with van der Waals surface area (Å²) in [5.74, 6) is 0.495. The van der Waals surface area contributed by atoms with Crippen molar-refractivity contribution in [1.82, 2.24) is 15.6 Å². The molecule has 2 amide bonds. The zero-order valence-corrected chi connectivity index (χ0v) is 14.1. The summed E-state index contributed by atoms with van der Waals surface area (Å²) in [7, 11) is 0. The highest BCUT2D eigenvalue weighted by Gasteiger charge is 2.18. The van der Waals surface area contributed by atoms with Crippen LogP contribution in [0, 0.1) is 0 Å². The van der Waals surface area contributed by atoms with E-state index >= 15 is 0 Å². The van der Waals surface area contributed by atoms with Gasteiger partial charge in [-0.1, -0.05) is 26.8 Å². The molecule has 0 bridgehead atoms. The minimum Gasteiger partial charge on any atom is -0.464 e. The molecule has 0 aliphatic heterocycles. The predicted molar refractivity (Wildman–Crippen MR) is 90.5 cm³/mol. The summed E-state index contributed by atoms with van der Waals surface area (Å²) in [4.78, 5) is 16.3. The fourth-order valence-electron chi connectivity index (χ4n) is 2.26. The topological polar surface area (TPSA) is 80.3 Å². The first-order valence-electron chi connectivity index (χ1n) is 7.84. The van der Waals surface area contributed by atoms with E-state index in [9.17, 15) is 4.79 Å². The van der Waals surface area contributed by atoms with Crippen molar-refractivity contribution in [3.05, 3.63) is 53.9 Å². The third-order valence-electron chi connectivity index (χ3n) is 3.69. The van der Waals surface area contributed by atoms with Gasteiger partial charge in [0.1, 0.15) is 11.8 Å². The van der Waals surface area contributed by atoms with E-state index in [1.807, 2.05) is 24.3 Å². The van der Waals surface area contributed by atoms with E-state index in [0.29, 0.717) is 12.4 Å². The quantitative estimate of drug-likeness (QED) is 0.765. The van der Waals surface area contributed by atoms with Gasteiger partial charge in [-0.15, -0.1) is 0 Å². The van der Waals surface area contributed by atoms with Gasteiger partial charge >= 0.3 is 6.03 Å². The maximum Gasteiger partial charge on any atom is 0.315 e. The summed E-state index contributed by atoms with van der Waals surface area (Å²) < 4.78 is 10.7. The van der Waals surface area contributed by atoms with E-state index < -0.39 is 0 Å². The molecule has 0 aliphatic rings. The second kappa shape index (κ2) is 6.39. The third kappa shape index (κ3) is 3.76. The maximum absolute atomic E-state index is 11.9. The number of hydrogen-bond acceptors (Lipinski definition) is 4. The molecule has 126 valence electrons. The summed E-state index contributed by atoms with van der Waals surface area (Å²) in [5.41, 5.74) is 2.63. The number of rotatable bonds is 4. The monoisotopic (exact) mass is 327 g/mol. The first kappa shape index (κ1) is 16.1. The molecule has 3 rings (SSSR count). The third-order valence-corrected chi connectivity index (χ3v) is 3.69. The largest absolute Gasteiger partial charge is 0.464 e. The number of hydrogen-bond donors (Lipinski definition) is 2. The van der Waals surface area contributed by atoms with Crippen LogP contribution in [0.4, 0.5) is 4.79 Å². The number of carbonyl (C=O) groups excluding carboxylic acids is 1. The minimum atomic E-state index is -0.266. The molecule has 24 heavy (non-hydrogen) atoms. The number of fused-ring (bicyclic) bond motifs is 1. The molecule has 3 aromatic rings. The van der Waals surface area contributed by atoms with Crippen molar-refractivity contribution in [2.45, 2.75) is 39.3 Å². The van der Waals surface area contributed by atoms with Crippen molar-refractivity contribution >= 4 is 17.0 Å². The van der Waals surface area contributed by atoms with Crippen LogP contribution in [0.25, 0.3) is 11.0 Å². The standard InChI is InChI=1S/C18H21N3O3/c1-18(2,3)15-11-24-16(21-15)10-20-17(22)19-9-12-4-5-14-13(8-12)6-7-23-14/h4-8,11H,9-10H2,1-3H3,(H2,19,20,22).